The van der Waals surface area contributed by atoms with Gasteiger partial charge in [-0.2, -0.15) is 0 Å². The molecule has 2 aliphatic carbocycles. The molecule has 6 atom stereocenters. The molecular weight excluding hydrogens is 288 g/mol. The van der Waals surface area contributed by atoms with Crippen molar-refractivity contribution < 1.29 is 14.3 Å². The maximum atomic E-state index is 12.7. The Kier molecular flexibility index (Phi) is 3.15. The van der Waals surface area contributed by atoms with Crippen molar-refractivity contribution in [1.82, 2.24) is 0 Å². The summed E-state index contributed by atoms with van der Waals surface area (Å²) in [4.78, 5) is 12.7. The summed E-state index contributed by atoms with van der Waals surface area (Å²) in [6, 6.07) is 0. The highest BCUT2D eigenvalue weighted by atomic mass is 16.6. The number of ether oxygens (including phenoxy) is 2. The molecule has 2 heterocycles. The summed E-state index contributed by atoms with van der Waals surface area (Å²) in [6.07, 6.45) is 8.07. The Bertz CT molecular complexity index is 577. The van der Waals surface area contributed by atoms with E-state index < -0.39 is 0 Å². The van der Waals surface area contributed by atoms with Gasteiger partial charge in [-0.3, -0.25) is 0 Å². The fourth-order valence-electron chi connectivity index (χ4n) is 6.03. The number of carbonyl (C=O) groups excluding carboxylic acids is 1. The standard InChI is InChI=1S/C20H30O3/c1-12-20(5,23-12)16-11-14-13(17(21)22-16)7-8-15-18(2,3)9-6-10-19(14,15)4/h7,12,14-16H,6,8-11H2,1-5H3/t12?,14-,15-,16-,19+,20?/m0/s1. The van der Waals surface area contributed by atoms with Crippen LogP contribution in [0.5, 0.6) is 0 Å². The van der Waals surface area contributed by atoms with Crippen LogP contribution in [-0.4, -0.2) is 23.8 Å². The lowest BCUT2D eigenvalue weighted by Crippen LogP contribution is -2.54. The molecule has 0 radical (unpaired) electrons. The summed E-state index contributed by atoms with van der Waals surface area (Å²) >= 11 is 0. The first-order valence-corrected chi connectivity index (χ1v) is 9.27. The zero-order valence-electron chi connectivity index (χ0n) is 15.1. The van der Waals surface area contributed by atoms with Crippen LogP contribution in [0, 0.1) is 22.7 Å². The van der Waals surface area contributed by atoms with Gasteiger partial charge in [-0.15, -0.1) is 0 Å². The molecule has 0 aromatic heterocycles. The Hall–Kier alpha value is -0.830. The Morgan fingerprint density at radius 2 is 1.87 bits per heavy atom. The second-order valence-electron chi connectivity index (χ2n) is 9.42. The van der Waals surface area contributed by atoms with E-state index in [4.69, 9.17) is 9.47 Å². The van der Waals surface area contributed by atoms with Crippen LogP contribution in [0.3, 0.4) is 0 Å². The summed E-state index contributed by atoms with van der Waals surface area (Å²) in [5.41, 5.74) is 1.26. The van der Waals surface area contributed by atoms with Gasteiger partial charge >= 0.3 is 5.97 Å². The van der Waals surface area contributed by atoms with E-state index >= 15 is 0 Å². The van der Waals surface area contributed by atoms with E-state index in [9.17, 15) is 4.79 Å². The molecule has 4 rings (SSSR count). The van der Waals surface area contributed by atoms with E-state index in [0.29, 0.717) is 17.3 Å². The van der Waals surface area contributed by atoms with Gasteiger partial charge in [-0.05, 0) is 62.2 Å². The first kappa shape index (κ1) is 15.7. The maximum Gasteiger partial charge on any atom is 0.334 e. The molecule has 23 heavy (non-hydrogen) atoms. The van der Waals surface area contributed by atoms with Gasteiger partial charge in [-0.25, -0.2) is 4.79 Å². The quantitative estimate of drug-likeness (QED) is 0.536. The lowest BCUT2D eigenvalue weighted by molar-refractivity contribution is -0.161. The Balaban J connectivity index is 1.70. The summed E-state index contributed by atoms with van der Waals surface area (Å²) < 4.78 is 11.6. The number of epoxide rings is 1. The summed E-state index contributed by atoms with van der Waals surface area (Å²) in [7, 11) is 0. The number of carbonyl (C=O) groups is 1. The molecule has 3 fully saturated rings. The highest BCUT2D eigenvalue weighted by Crippen LogP contribution is 2.62. The molecule has 0 amide bonds. The van der Waals surface area contributed by atoms with Crippen molar-refractivity contribution in [2.24, 2.45) is 22.7 Å². The minimum absolute atomic E-state index is 0.0850. The maximum absolute atomic E-state index is 12.7. The van der Waals surface area contributed by atoms with E-state index in [-0.39, 0.29) is 29.2 Å². The van der Waals surface area contributed by atoms with Gasteiger partial charge in [-0.1, -0.05) is 33.3 Å². The van der Waals surface area contributed by atoms with Gasteiger partial charge in [0.1, 0.15) is 11.7 Å². The van der Waals surface area contributed by atoms with Crippen LogP contribution in [0.25, 0.3) is 0 Å². The molecular formula is C20H30O3. The SMILES string of the molecule is CC1OC1(C)[C@@H]1C[C@H]2C(=CC[C@H]3C(C)(C)CCC[C@]23C)C(=O)O1. The Morgan fingerprint density at radius 1 is 1.17 bits per heavy atom. The summed E-state index contributed by atoms with van der Waals surface area (Å²) in [5.74, 6) is 0.910. The van der Waals surface area contributed by atoms with Gasteiger partial charge in [0, 0.05) is 5.57 Å². The number of rotatable bonds is 1. The van der Waals surface area contributed by atoms with Crippen LogP contribution in [0.15, 0.2) is 11.6 Å². The van der Waals surface area contributed by atoms with Crippen molar-refractivity contribution in [3.8, 4) is 0 Å². The molecule has 0 bridgehead atoms. The highest BCUT2D eigenvalue weighted by molar-refractivity contribution is 5.90. The number of fused-ring (bicyclic) bond motifs is 3. The van der Waals surface area contributed by atoms with Crippen LogP contribution in [0.4, 0.5) is 0 Å². The third-order valence-corrected chi connectivity index (χ3v) is 7.78. The minimum atomic E-state index is -0.269. The predicted octanol–water partition coefficient (Wildman–Crippen LogP) is 4.26. The van der Waals surface area contributed by atoms with E-state index in [1.807, 2.05) is 0 Å². The molecule has 0 N–H and O–H groups in total. The van der Waals surface area contributed by atoms with Crippen molar-refractivity contribution >= 4 is 5.97 Å². The minimum Gasteiger partial charge on any atom is -0.456 e. The first-order chi connectivity index (χ1) is 10.7. The molecule has 128 valence electrons. The molecule has 3 nitrogen and oxygen atoms in total. The van der Waals surface area contributed by atoms with Crippen LogP contribution in [-0.2, 0) is 14.3 Å². The van der Waals surface area contributed by atoms with E-state index in [1.165, 1.54) is 19.3 Å². The second-order valence-corrected chi connectivity index (χ2v) is 9.42. The van der Waals surface area contributed by atoms with Crippen LogP contribution in [0.2, 0.25) is 0 Å². The molecule has 0 aromatic carbocycles. The third kappa shape index (κ3) is 2.08. The van der Waals surface area contributed by atoms with Gasteiger partial charge in [0.2, 0.25) is 0 Å². The fourth-order valence-corrected chi connectivity index (χ4v) is 6.03. The van der Waals surface area contributed by atoms with Crippen LogP contribution < -0.4 is 0 Å². The van der Waals surface area contributed by atoms with E-state index in [1.54, 1.807) is 0 Å². The van der Waals surface area contributed by atoms with Crippen LogP contribution in [0.1, 0.15) is 66.7 Å². The highest BCUT2D eigenvalue weighted by Gasteiger charge is 2.62. The zero-order chi connectivity index (χ0) is 16.6. The lowest BCUT2D eigenvalue weighted by atomic mass is 9.47. The van der Waals surface area contributed by atoms with Gasteiger partial charge in [0.25, 0.3) is 0 Å². The van der Waals surface area contributed by atoms with Crippen molar-refractivity contribution in [3.63, 3.8) is 0 Å². The molecule has 0 aromatic rings. The Morgan fingerprint density at radius 3 is 2.52 bits per heavy atom. The molecule has 2 unspecified atom stereocenters. The van der Waals surface area contributed by atoms with Gasteiger partial charge in [0.15, 0.2) is 0 Å². The zero-order valence-corrected chi connectivity index (χ0v) is 15.1. The molecule has 2 aliphatic heterocycles. The average molecular weight is 318 g/mol. The third-order valence-electron chi connectivity index (χ3n) is 7.78. The van der Waals surface area contributed by atoms with Crippen LogP contribution >= 0.6 is 0 Å². The smallest absolute Gasteiger partial charge is 0.334 e. The van der Waals surface area contributed by atoms with E-state index in [0.717, 1.165) is 18.4 Å². The van der Waals surface area contributed by atoms with Crippen molar-refractivity contribution in [3.05, 3.63) is 11.6 Å². The van der Waals surface area contributed by atoms with Crippen molar-refractivity contribution in [2.75, 3.05) is 0 Å². The van der Waals surface area contributed by atoms with Gasteiger partial charge < -0.3 is 9.47 Å². The Labute approximate surface area is 139 Å². The molecule has 0 spiro atoms. The molecule has 3 heteroatoms. The second kappa shape index (κ2) is 4.62. The van der Waals surface area contributed by atoms with Crippen molar-refractivity contribution in [2.45, 2.75) is 84.5 Å². The monoisotopic (exact) mass is 318 g/mol. The molecule has 4 aliphatic rings. The lowest BCUT2D eigenvalue weighted by Gasteiger charge is -2.58. The number of hydrogen-bond donors (Lipinski definition) is 0. The largest absolute Gasteiger partial charge is 0.456 e. The number of cyclic esters (lactones) is 1. The van der Waals surface area contributed by atoms with Crippen molar-refractivity contribution in [1.29, 1.82) is 0 Å². The summed E-state index contributed by atoms with van der Waals surface area (Å²) in [5, 5.41) is 0. The topological polar surface area (TPSA) is 38.8 Å². The fraction of sp³-hybridized carbons (Fsp3) is 0.850. The number of allylic oxidation sites excluding steroid dienone is 1. The van der Waals surface area contributed by atoms with Gasteiger partial charge in [0.05, 0.1) is 6.10 Å². The summed E-state index contributed by atoms with van der Waals surface area (Å²) in [6.45, 7) is 11.4. The molecule has 1 saturated carbocycles. The predicted molar refractivity (Wildman–Crippen MR) is 88.9 cm³/mol. The van der Waals surface area contributed by atoms with E-state index in [2.05, 4.69) is 40.7 Å². The normalized spacial score (nSPS) is 51.2. The number of esters is 1. The molecule has 2 saturated heterocycles. The number of hydrogen-bond acceptors (Lipinski definition) is 3. The average Bonchev–Trinajstić information content (AvgIpc) is 3.07. The first-order valence-electron chi connectivity index (χ1n) is 9.27.